The summed E-state index contributed by atoms with van der Waals surface area (Å²) in [7, 11) is 1.75. The van der Waals surface area contributed by atoms with Crippen molar-refractivity contribution in [3.63, 3.8) is 0 Å². The van der Waals surface area contributed by atoms with Gasteiger partial charge in [-0.25, -0.2) is 4.98 Å². The second kappa shape index (κ2) is 4.69. The average molecular weight is 300 g/mol. The summed E-state index contributed by atoms with van der Waals surface area (Å²) >= 11 is 0. The van der Waals surface area contributed by atoms with Crippen LogP contribution in [0.15, 0.2) is 10.9 Å². The number of H-pyrrole nitrogens is 1. The fraction of sp³-hybridized carbons (Fsp3) is 0.562. The van der Waals surface area contributed by atoms with Crippen molar-refractivity contribution in [3.8, 4) is 0 Å². The normalized spacial score (nSPS) is 19.4. The third-order valence-electron chi connectivity index (χ3n) is 4.76. The van der Waals surface area contributed by atoms with Crippen LogP contribution in [0.3, 0.4) is 0 Å². The maximum atomic E-state index is 12.7. The molecule has 2 aliphatic carbocycles. The number of aromatic nitrogens is 3. The van der Waals surface area contributed by atoms with Crippen LogP contribution in [0.5, 0.6) is 0 Å². The van der Waals surface area contributed by atoms with E-state index in [1.54, 1.807) is 11.7 Å². The molecule has 2 aromatic heterocycles. The van der Waals surface area contributed by atoms with Crippen molar-refractivity contribution in [2.45, 2.75) is 44.6 Å². The van der Waals surface area contributed by atoms with Crippen molar-refractivity contribution in [2.75, 3.05) is 0 Å². The molecular formula is C16H20N4O2. The minimum atomic E-state index is -0.253. The minimum absolute atomic E-state index is 0.155. The number of nitrogens with zero attached hydrogens (tertiary/aromatic N) is 2. The van der Waals surface area contributed by atoms with Gasteiger partial charge in [-0.3, -0.25) is 19.4 Å². The zero-order valence-corrected chi connectivity index (χ0v) is 12.8. The Bertz CT molecular complexity index is 811. The van der Waals surface area contributed by atoms with Crippen LogP contribution < -0.4 is 10.9 Å². The first-order chi connectivity index (χ1) is 10.5. The van der Waals surface area contributed by atoms with Gasteiger partial charge in [-0.05, 0) is 44.6 Å². The van der Waals surface area contributed by atoms with Gasteiger partial charge in [-0.15, -0.1) is 0 Å². The highest BCUT2D eigenvalue weighted by Gasteiger charge is 2.31. The molecule has 1 amide bonds. The number of carbonyl (C=O) groups excluding carboxylic acids is 1. The van der Waals surface area contributed by atoms with E-state index in [4.69, 9.17) is 0 Å². The lowest BCUT2D eigenvalue weighted by atomic mass is 10.1. The quantitative estimate of drug-likeness (QED) is 0.901. The summed E-state index contributed by atoms with van der Waals surface area (Å²) in [6.07, 6.45) is 4.56. The van der Waals surface area contributed by atoms with E-state index < -0.39 is 0 Å². The molecule has 6 heteroatoms. The molecule has 0 aliphatic heterocycles. The lowest BCUT2D eigenvalue weighted by Crippen LogP contribution is -2.34. The molecule has 0 saturated heterocycles. The van der Waals surface area contributed by atoms with Crippen molar-refractivity contribution >= 4 is 16.9 Å². The molecule has 0 bridgehead atoms. The van der Waals surface area contributed by atoms with Gasteiger partial charge in [0.15, 0.2) is 5.65 Å². The van der Waals surface area contributed by atoms with Gasteiger partial charge in [0.2, 0.25) is 0 Å². The van der Waals surface area contributed by atoms with Gasteiger partial charge < -0.3 is 5.32 Å². The van der Waals surface area contributed by atoms with E-state index >= 15 is 0 Å². The third-order valence-corrected chi connectivity index (χ3v) is 4.76. The molecule has 0 aromatic carbocycles. The van der Waals surface area contributed by atoms with Crippen molar-refractivity contribution in [1.29, 1.82) is 0 Å². The predicted octanol–water partition coefficient (Wildman–Crippen LogP) is 1.67. The second-order valence-electron chi connectivity index (χ2n) is 6.67. The van der Waals surface area contributed by atoms with Crippen molar-refractivity contribution < 1.29 is 4.79 Å². The highest BCUT2D eigenvalue weighted by atomic mass is 16.2. The van der Waals surface area contributed by atoms with Crippen LogP contribution in [-0.2, 0) is 7.05 Å². The number of carbonyl (C=O) groups is 1. The van der Waals surface area contributed by atoms with Crippen LogP contribution in [-0.4, -0.2) is 26.7 Å². The van der Waals surface area contributed by atoms with Gasteiger partial charge in [0, 0.05) is 24.7 Å². The maximum absolute atomic E-state index is 12.7. The Morgan fingerprint density at radius 3 is 2.77 bits per heavy atom. The largest absolute Gasteiger partial charge is 0.349 e. The van der Waals surface area contributed by atoms with Crippen LogP contribution >= 0.6 is 0 Å². The smallest absolute Gasteiger partial charge is 0.274 e. The lowest BCUT2D eigenvalue weighted by Gasteiger charge is -2.13. The summed E-state index contributed by atoms with van der Waals surface area (Å²) in [5.74, 6) is 0.852. The van der Waals surface area contributed by atoms with E-state index in [-0.39, 0.29) is 17.5 Å². The summed E-state index contributed by atoms with van der Waals surface area (Å²) < 4.78 is 1.60. The van der Waals surface area contributed by atoms with Crippen molar-refractivity contribution in [2.24, 2.45) is 13.0 Å². The van der Waals surface area contributed by atoms with E-state index in [1.807, 2.05) is 13.0 Å². The van der Waals surface area contributed by atoms with Gasteiger partial charge in [-0.1, -0.05) is 0 Å². The zero-order chi connectivity index (χ0) is 15.4. The molecule has 2 fully saturated rings. The van der Waals surface area contributed by atoms with Gasteiger partial charge in [0.1, 0.15) is 0 Å². The predicted molar refractivity (Wildman–Crippen MR) is 83.0 cm³/mol. The Balaban J connectivity index is 1.79. The number of amides is 1. The molecular weight excluding hydrogens is 280 g/mol. The number of rotatable bonds is 4. The van der Waals surface area contributed by atoms with Crippen molar-refractivity contribution in [3.05, 3.63) is 27.7 Å². The summed E-state index contributed by atoms with van der Waals surface area (Å²) in [5.41, 5.74) is 1.70. The molecule has 4 rings (SSSR count). The van der Waals surface area contributed by atoms with Crippen LogP contribution in [0, 0.1) is 5.92 Å². The first kappa shape index (κ1) is 13.5. The van der Waals surface area contributed by atoms with E-state index in [2.05, 4.69) is 15.4 Å². The number of fused-ring (bicyclic) bond motifs is 1. The van der Waals surface area contributed by atoms with E-state index in [1.165, 1.54) is 12.8 Å². The van der Waals surface area contributed by atoms with Gasteiger partial charge in [0.05, 0.1) is 10.9 Å². The second-order valence-corrected chi connectivity index (χ2v) is 6.67. The van der Waals surface area contributed by atoms with Crippen LogP contribution in [0.4, 0.5) is 0 Å². The number of hydrogen-bond acceptors (Lipinski definition) is 3. The molecule has 0 radical (unpaired) electrons. The fourth-order valence-corrected chi connectivity index (χ4v) is 3.04. The Labute approximate surface area is 127 Å². The molecule has 116 valence electrons. The lowest BCUT2D eigenvalue weighted by molar-refractivity contribution is 0.0937. The number of hydrogen-bond donors (Lipinski definition) is 2. The molecule has 2 aromatic rings. The minimum Gasteiger partial charge on any atom is -0.349 e. The first-order valence-electron chi connectivity index (χ1n) is 7.95. The van der Waals surface area contributed by atoms with E-state index in [9.17, 15) is 9.59 Å². The fourth-order valence-electron chi connectivity index (χ4n) is 3.04. The van der Waals surface area contributed by atoms with Crippen LogP contribution in [0.2, 0.25) is 0 Å². The van der Waals surface area contributed by atoms with Gasteiger partial charge in [-0.2, -0.15) is 0 Å². The monoisotopic (exact) mass is 300 g/mol. The van der Waals surface area contributed by atoms with Crippen LogP contribution in [0.25, 0.3) is 11.0 Å². The molecule has 0 spiro atoms. The van der Waals surface area contributed by atoms with Crippen LogP contribution in [0.1, 0.15) is 54.6 Å². The molecule has 2 N–H and O–H groups in total. The number of aryl methyl sites for hydroxylation is 1. The molecule has 2 aliphatic rings. The highest BCUT2D eigenvalue weighted by molar-refractivity contribution is 6.05. The molecule has 6 nitrogen and oxygen atoms in total. The Hall–Kier alpha value is -2.11. The molecule has 0 unspecified atom stereocenters. The average Bonchev–Trinajstić information content (AvgIpc) is 3.38. The standard InChI is InChI=1S/C16H20N4O2/c1-8(9-3-4-9)17-15(21)11-7-12(10-5-6-10)18-14-13(11)16(22)19-20(14)2/h7-10H,3-6H2,1-2H3,(H,17,21)(H,19,22)/t8-/m0/s1. The Morgan fingerprint density at radius 2 is 2.14 bits per heavy atom. The maximum Gasteiger partial charge on any atom is 0.274 e. The Kier molecular flexibility index (Phi) is 2.89. The molecule has 2 heterocycles. The Morgan fingerprint density at radius 1 is 1.41 bits per heavy atom. The molecule has 1 atom stereocenters. The zero-order valence-electron chi connectivity index (χ0n) is 12.8. The SMILES string of the molecule is C[C@H](NC(=O)c1cc(C2CC2)nc2c1c(=O)[nH]n2C)C1CC1. The van der Waals surface area contributed by atoms with E-state index in [0.717, 1.165) is 18.5 Å². The number of nitrogens with one attached hydrogen (secondary N) is 2. The number of aromatic amines is 1. The summed E-state index contributed by atoms with van der Waals surface area (Å²) in [4.78, 5) is 29.4. The molecule has 22 heavy (non-hydrogen) atoms. The summed E-state index contributed by atoms with van der Waals surface area (Å²) in [6, 6.07) is 1.97. The van der Waals surface area contributed by atoms with Gasteiger partial charge in [0.25, 0.3) is 11.5 Å². The third kappa shape index (κ3) is 2.23. The van der Waals surface area contributed by atoms with E-state index in [0.29, 0.717) is 28.4 Å². The molecule has 2 saturated carbocycles. The summed E-state index contributed by atoms with van der Waals surface area (Å²) in [6.45, 7) is 2.03. The van der Waals surface area contributed by atoms with Gasteiger partial charge >= 0.3 is 0 Å². The highest BCUT2D eigenvalue weighted by Crippen LogP contribution is 2.40. The summed E-state index contributed by atoms with van der Waals surface area (Å²) in [5, 5.41) is 6.14. The topological polar surface area (TPSA) is 79.8 Å². The van der Waals surface area contributed by atoms with Crippen molar-refractivity contribution in [1.82, 2.24) is 20.1 Å². The number of pyridine rings is 1. The first-order valence-corrected chi connectivity index (χ1v) is 7.95.